The molecule has 1 fully saturated rings. The number of hydrogen-bond acceptors (Lipinski definition) is 5. The number of aliphatic imine (C=N–C) groups is 1. The minimum absolute atomic E-state index is 0.0556. The van der Waals surface area contributed by atoms with Crippen LogP contribution in [0.3, 0.4) is 0 Å². The minimum atomic E-state index is -4.77. The van der Waals surface area contributed by atoms with Crippen molar-refractivity contribution in [3.05, 3.63) is 101 Å². The smallest absolute Gasteiger partial charge is 0.395 e. The third-order valence-electron chi connectivity index (χ3n) is 7.22. The van der Waals surface area contributed by atoms with Gasteiger partial charge in [0, 0.05) is 29.5 Å². The maximum atomic E-state index is 14.2. The van der Waals surface area contributed by atoms with Gasteiger partial charge in [0.25, 0.3) is 5.91 Å². The Morgan fingerprint density at radius 2 is 1.70 bits per heavy atom. The number of benzene rings is 2. The van der Waals surface area contributed by atoms with Crippen LogP contribution in [-0.4, -0.2) is 35.2 Å². The van der Waals surface area contributed by atoms with Crippen LogP contribution in [0.5, 0.6) is 0 Å². The van der Waals surface area contributed by atoms with E-state index in [4.69, 9.17) is 11.5 Å². The Balaban J connectivity index is 1.70. The number of carbonyl (C=O) groups is 2. The van der Waals surface area contributed by atoms with Crippen molar-refractivity contribution < 1.29 is 35.9 Å². The van der Waals surface area contributed by atoms with E-state index in [1.807, 2.05) is 0 Å². The third-order valence-corrected chi connectivity index (χ3v) is 7.22. The molecule has 0 saturated heterocycles. The van der Waals surface area contributed by atoms with Gasteiger partial charge in [0.1, 0.15) is 29.7 Å². The van der Waals surface area contributed by atoms with E-state index in [2.05, 4.69) is 15.3 Å². The van der Waals surface area contributed by atoms with Crippen molar-refractivity contribution in [3.63, 3.8) is 0 Å². The molecule has 1 aromatic heterocycles. The molecule has 13 heteroatoms. The Morgan fingerprint density at radius 1 is 1.02 bits per heavy atom. The number of carbonyl (C=O) groups excluding carboxylic acids is 2. The number of hydrogen-bond donors (Lipinski definition) is 3. The molecule has 1 heterocycles. The fourth-order valence-corrected chi connectivity index (χ4v) is 5.16. The zero-order valence-corrected chi connectivity index (χ0v) is 23.3. The molecule has 1 saturated carbocycles. The number of amides is 2. The van der Waals surface area contributed by atoms with Gasteiger partial charge in [-0.05, 0) is 66.8 Å². The van der Waals surface area contributed by atoms with Crippen LogP contribution in [-0.2, 0) is 11.2 Å². The molecule has 1 aliphatic carbocycles. The van der Waals surface area contributed by atoms with Gasteiger partial charge >= 0.3 is 6.18 Å². The van der Waals surface area contributed by atoms with Crippen LogP contribution in [0.25, 0.3) is 11.1 Å². The fourth-order valence-electron chi connectivity index (χ4n) is 5.16. The zero-order chi connectivity index (χ0) is 32.0. The molecule has 0 spiro atoms. The number of rotatable bonds is 10. The highest BCUT2D eigenvalue weighted by molar-refractivity contribution is 5.99. The molecule has 0 radical (unpaired) electrons. The summed E-state index contributed by atoms with van der Waals surface area (Å²) in [7, 11) is 0. The van der Waals surface area contributed by atoms with Crippen LogP contribution in [0.1, 0.15) is 53.3 Å². The van der Waals surface area contributed by atoms with Crippen molar-refractivity contribution in [1.29, 1.82) is 0 Å². The van der Waals surface area contributed by atoms with Gasteiger partial charge < -0.3 is 16.8 Å². The van der Waals surface area contributed by atoms with Gasteiger partial charge in [-0.15, -0.1) is 0 Å². The Bertz CT molecular complexity index is 1580. The Kier molecular flexibility index (Phi) is 10.1. The highest BCUT2D eigenvalue weighted by Gasteiger charge is 2.33. The molecule has 232 valence electrons. The van der Waals surface area contributed by atoms with Crippen molar-refractivity contribution >= 4 is 17.5 Å². The lowest BCUT2D eigenvalue weighted by atomic mass is 9.94. The first kappa shape index (κ1) is 32.2. The number of pyridine rings is 1. The van der Waals surface area contributed by atoms with E-state index >= 15 is 0 Å². The van der Waals surface area contributed by atoms with Gasteiger partial charge in [-0.2, -0.15) is 13.2 Å². The van der Waals surface area contributed by atoms with Gasteiger partial charge in [0.15, 0.2) is 0 Å². The monoisotopic (exact) mass is 617 g/mol. The lowest BCUT2D eigenvalue weighted by molar-refractivity contribution is -0.120. The maximum absolute atomic E-state index is 14.2. The lowest BCUT2D eigenvalue weighted by Gasteiger charge is -2.22. The van der Waals surface area contributed by atoms with Crippen LogP contribution in [0, 0.1) is 23.4 Å². The molecule has 44 heavy (non-hydrogen) atoms. The molecule has 4 rings (SSSR count). The van der Waals surface area contributed by atoms with Crippen LogP contribution < -0.4 is 16.8 Å². The molecule has 0 unspecified atom stereocenters. The normalized spacial score (nSPS) is 15.3. The van der Waals surface area contributed by atoms with Crippen LogP contribution >= 0.6 is 0 Å². The number of aromatic nitrogens is 1. The average Bonchev–Trinajstić information content (AvgIpc) is 3.49. The fraction of sp³-hybridized carbons (Fsp3) is 0.290. The van der Waals surface area contributed by atoms with E-state index in [0.717, 1.165) is 37.1 Å². The molecule has 3 aromatic rings. The van der Waals surface area contributed by atoms with E-state index in [0.29, 0.717) is 30.0 Å². The molecular formula is C31H29F6N5O2. The van der Waals surface area contributed by atoms with E-state index in [-0.39, 0.29) is 34.9 Å². The van der Waals surface area contributed by atoms with Crippen LogP contribution in [0.15, 0.2) is 71.5 Å². The topological polar surface area (TPSA) is 123 Å². The lowest BCUT2D eigenvalue weighted by Crippen LogP contribution is -2.33. The quantitative estimate of drug-likeness (QED) is 0.200. The third kappa shape index (κ3) is 8.23. The largest absolute Gasteiger partial charge is 0.430 e. The summed E-state index contributed by atoms with van der Waals surface area (Å²) in [6.07, 6.45) is 0.0138. The summed E-state index contributed by atoms with van der Waals surface area (Å²) in [5.74, 6) is -4.56. The molecule has 1 atom stereocenters. The Labute approximate surface area is 249 Å². The van der Waals surface area contributed by atoms with Gasteiger partial charge in [0.05, 0.1) is 17.3 Å². The minimum Gasteiger partial charge on any atom is -0.395 e. The molecule has 2 aromatic carbocycles. The standard InChI is InChI=1S/C31H29F6N5O2/c32-20-10-17(11-21(33)14-20)12-26(29-22(6-3-9-40-29)19-7-8-24(34)23(13-19)30(39)44)42-28(43)16-41-25(18-4-1-2-5-18)15-27(38)31(35,36)37/h3,6-11,13-15,18,26H,1-2,4-5,12,16,38H2,(H2,39,44)(H,42,43)/t26-/m0/s1. The van der Waals surface area contributed by atoms with E-state index in [1.54, 1.807) is 12.1 Å². The maximum Gasteiger partial charge on any atom is 0.430 e. The summed E-state index contributed by atoms with van der Waals surface area (Å²) in [4.78, 5) is 33.5. The summed E-state index contributed by atoms with van der Waals surface area (Å²) in [5, 5.41) is 2.72. The number of primary amides is 1. The summed E-state index contributed by atoms with van der Waals surface area (Å²) in [5.41, 5.74) is 9.92. The number of halogens is 6. The van der Waals surface area contributed by atoms with E-state index in [9.17, 15) is 35.9 Å². The Hall–Kier alpha value is -4.68. The summed E-state index contributed by atoms with van der Waals surface area (Å²) in [6, 6.07) is 8.59. The predicted octanol–water partition coefficient (Wildman–Crippen LogP) is 5.70. The van der Waals surface area contributed by atoms with Gasteiger partial charge in [-0.1, -0.05) is 25.0 Å². The second-order valence-electron chi connectivity index (χ2n) is 10.4. The summed E-state index contributed by atoms with van der Waals surface area (Å²) >= 11 is 0. The molecule has 2 amide bonds. The van der Waals surface area contributed by atoms with Crippen LogP contribution in [0.2, 0.25) is 0 Å². The molecule has 5 N–H and O–H groups in total. The van der Waals surface area contributed by atoms with E-state index < -0.39 is 53.7 Å². The summed E-state index contributed by atoms with van der Waals surface area (Å²) < 4.78 is 81.8. The second-order valence-corrected chi connectivity index (χ2v) is 10.4. The number of nitrogens with two attached hydrogens (primary N) is 2. The van der Waals surface area contributed by atoms with Crippen molar-refractivity contribution in [3.8, 4) is 11.1 Å². The zero-order valence-electron chi connectivity index (χ0n) is 23.3. The van der Waals surface area contributed by atoms with Gasteiger partial charge in [-0.25, -0.2) is 13.2 Å². The number of nitrogens with zero attached hydrogens (tertiary/aromatic N) is 2. The Morgan fingerprint density at radius 3 is 2.34 bits per heavy atom. The van der Waals surface area contributed by atoms with Crippen LogP contribution in [0.4, 0.5) is 26.3 Å². The van der Waals surface area contributed by atoms with Crippen molar-refractivity contribution in [2.75, 3.05) is 6.54 Å². The number of alkyl halides is 3. The first-order valence-electron chi connectivity index (χ1n) is 13.7. The number of allylic oxidation sites excluding steroid dienone is 2. The predicted molar refractivity (Wildman–Crippen MR) is 152 cm³/mol. The average molecular weight is 618 g/mol. The second kappa shape index (κ2) is 13.7. The molecule has 7 nitrogen and oxygen atoms in total. The first-order valence-corrected chi connectivity index (χ1v) is 13.7. The SMILES string of the molecule is NC(=O)c1cc(-c2cccnc2[C@H](Cc2cc(F)cc(F)c2)NC(=O)CN=C(C=C(N)C(F)(F)F)C2CCCC2)ccc1F. The van der Waals surface area contributed by atoms with Crippen molar-refractivity contribution in [2.24, 2.45) is 22.4 Å². The molecule has 0 bridgehead atoms. The van der Waals surface area contributed by atoms with Crippen molar-refractivity contribution in [2.45, 2.75) is 44.3 Å². The highest BCUT2D eigenvalue weighted by Crippen LogP contribution is 2.31. The molecule has 0 aliphatic heterocycles. The first-order chi connectivity index (χ1) is 20.8. The van der Waals surface area contributed by atoms with Gasteiger partial charge in [0.2, 0.25) is 5.91 Å². The summed E-state index contributed by atoms with van der Waals surface area (Å²) in [6.45, 7) is -0.563. The van der Waals surface area contributed by atoms with Gasteiger partial charge in [-0.3, -0.25) is 19.6 Å². The number of nitrogens with one attached hydrogen (secondary N) is 1. The van der Waals surface area contributed by atoms with Crippen molar-refractivity contribution in [1.82, 2.24) is 10.3 Å². The highest BCUT2D eigenvalue weighted by atomic mass is 19.4. The molecular weight excluding hydrogens is 588 g/mol. The molecule has 1 aliphatic rings. The van der Waals surface area contributed by atoms with E-state index in [1.165, 1.54) is 18.3 Å².